The van der Waals surface area contributed by atoms with Crippen molar-refractivity contribution < 1.29 is 34.3 Å². The molecule has 0 unspecified atom stereocenters. The summed E-state index contributed by atoms with van der Waals surface area (Å²) in [5.74, 6) is 3.06. The maximum Gasteiger partial charge on any atom is 0.305 e. The second kappa shape index (κ2) is 10.9. The van der Waals surface area contributed by atoms with Crippen molar-refractivity contribution in [3.8, 4) is 0 Å². The van der Waals surface area contributed by atoms with Gasteiger partial charge in [0.2, 0.25) is 0 Å². The highest BCUT2D eigenvalue weighted by molar-refractivity contribution is 5.69. The quantitative estimate of drug-likeness (QED) is 0.340. The van der Waals surface area contributed by atoms with Crippen molar-refractivity contribution in [1.29, 1.82) is 0 Å². The molecule has 0 aromatic carbocycles. The largest absolute Gasteiger partial charge is 0.469 e. The number of aliphatic hydroxyl groups excluding tert-OH is 3. The number of ether oxygens (including phenoxy) is 3. The monoisotopic (exact) mass is 536 g/mol. The SMILES string of the molecule is COC(=O)CC[C@@H](C)[C@H]1CC[C@H]2[C@@H]3CC[C@@H]4C[C@H](O[C@H]5C[C@H](O)[C@@H](O)[C@H](C)O5)CC[C@]4(C)[C@H]3C[C@H](O)[C@]12C. The van der Waals surface area contributed by atoms with Crippen molar-refractivity contribution in [2.24, 2.45) is 46.3 Å². The maximum atomic E-state index is 11.8. The van der Waals surface area contributed by atoms with Gasteiger partial charge in [0.05, 0.1) is 31.5 Å². The standard InChI is InChI=1S/C31H52O7/c1-17(6-11-27(34)36-5)22-9-10-23-21-8-7-19-14-20(38-28-16-25(32)29(35)18(2)37-28)12-13-30(19,3)24(21)15-26(33)31(22,23)4/h17-26,28-29,32-33,35H,6-16H2,1-5H3/t17-,18+,19-,20-,21+,22-,23+,24+,25+,26+,28+,29+,30+,31-/m1/s1. The number of hydrogen-bond acceptors (Lipinski definition) is 7. The first kappa shape index (κ1) is 28.8. The average molecular weight is 537 g/mol. The Morgan fingerprint density at radius 1 is 1.03 bits per heavy atom. The number of aliphatic hydroxyl groups is 3. The van der Waals surface area contributed by atoms with Crippen LogP contribution in [0.25, 0.3) is 0 Å². The number of methoxy groups -OCH3 is 1. The first-order valence-electron chi connectivity index (χ1n) is 15.4. The molecule has 0 radical (unpaired) electrons. The molecule has 0 aromatic rings. The Morgan fingerprint density at radius 3 is 2.50 bits per heavy atom. The van der Waals surface area contributed by atoms with E-state index in [4.69, 9.17) is 14.2 Å². The van der Waals surface area contributed by atoms with Crippen molar-refractivity contribution in [1.82, 2.24) is 0 Å². The molecule has 14 atom stereocenters. The van der Waals surface area contributed by atoms with Gasteiger partial charge in [-0.05, 0) is 111 Å². The van der Waals surface area contributed by atoms with E-state index < -0.39 is 24.6 Å². The van der Waals surface area contributed by atoms with Gasteiger partial charge in [-0.2, -0.15) is 0 Å². The lowest BCUT2D eigenvalue weighted by Gasteiger charge is -2.62. The summed E-state index contributed by atoms with van der Waals surface area (Å²) in [6.45, 7) is 8.92. The molecule has 3 N–H and O–H groups in total. The lowest BCUT2D eigenvalue weighted by Crippen LogP contribution is -2.59. The van der Waals surface area contributed by atoms with E-state index in [1.165, 1.54) is 26.4 Å². The van der Waals surface area contributed by atoms with Crippen molar-refractivity contribution in [2.75, 3.05) is 7.11 Å². The third-order valence-electron chi connectivity index (χ3n) is 12.5. The van der Waals surface area contributed by atoms with Gasteiger partial charge in [0, 0.05) is 12.8 Å². The van der Waals surface area contributed by atoms with Gasteiger partial charge in [-0.3, -0.25) is 4.79 Å². The van der Waals surface area contributed by atoms with Gasteiger partial charge in [-0.15, -0.1) is 0 Å². The molecule has 38 heavy (non-hydrogen) atoms. The highest BCUT2D eigenvalue weighted by Crippen LogP contribution is 2.68. The Balaban J connectivity index is 1.24. The van der Waals surface area contributed by atoms with E-state index in [1.807, 2.05) is 0 Å². The zero-order chi connectivity index (χ0) is 27.4. The van der Waals surface area contributed by atoms with Crippen LogP contribution in [0.15, 0.2) is 0 Å². The summed E-state index contributed by atoms with van der Waals surface area (Å²) in [5, 5.41) is 32.0. The number of fused-ring (bicyclic) bond motifs is 5. The number of hydrogen-bond donors (Lipinski definition) is 3. The number of esters is 1. The van der Waals surface area contributed by atoms with E-state index >= 15 is 0 Å². The fourth-order valence-electron chi connectivity index (χ4n) is 10.2. The second-order valence-corrected chi connectivity index (χ2v) is 14.1. The molecule has 5 aliphatic rings. The van der Waals surface area contributed by atoms with Crippen LogP contribution in [-0.2, 0) is 19.0 Å². The van der Waals surface area contributed by atoms with Gasteiger partial charge in [0.15, 0.2) is 6.29 Å². The third-order valence-corrected chi connectivity index (χ3v) is 12.5. The molecule has 7 heteroatoms. The zero-order valence-electron chi connectivity index (χ0n) is 24.2. The number of carbonyl (C=O) groups excluding carboxylic acids is 1. The van der Waals surface area contributed by atoms with Crippen LogP contribution >= 0.6 is 0 Å². The Labute approximate surface area is 229 Å². The van der Waals surface area contributed by atoms with Crippen LogP contribution in [0.3, 0.4) is 0 Å². The van der Waals surface area contributed by atoms with Gasteiger partial charge >= 0.3 is 5.97 Å². The summed E-state index contributed by atoms with van der Waals surface area (Å²) < 4.78 is 17.1. The van der Waals surface area contributed by atoms with E-state index in [9.17, 15) is 20.1 Å². The van der Waals surface area contributed by atoms with Crippen LogP contribution in [0.4, 0.5) is 0 Å². The number of carbonyl (C=O) groups is 1. The predicted octanol–water partition coefficient (Wildman–Crippen LogP) is 4.45. The number of rotatable bonds is 6. The second-order valence-electron chi connectivity index (χ2n) is 14.1. The minimum atomic E-state index is -0.853. The van der Waals surface area contributed by atoms with Gasteiger partial charge in [0.1, 0.15) is 6.10 Å². The third kappa shape index (κ3) is 4.87. The van der Waals surface area contributed by atoms with Crippen molar-refractivity contribution in [2.45, 2.75) is 135 Å². The van der Waals surface area contributed by atoms with E-state index in [-0.39, 0.29) is 29.0 Å². The summed E-state index contributed by atoms with van der Waals surface area (Å²) in [6.07, 6.45) is 7.69. The molecule has 0 amide bonds. The van der Waals surface area contributed by atoms with Gasteiger partial charge < -0.3 is 29.5 Å². The van der Waals surface area contributed by atoms with Crippen LogP contribution < -0.4 is 0 Å². The van der Waals surface area contributed by atoms with Crippen LogP contribution in [-0.4, -0.2) is 65.2 Å². The molecule has 218 valence electrons. The zero-order valence-corrected chi connectivity index (χ0v) is 24.2. The first-order valence-corrected chi connectivity index (χ1v) is 15.4. The lowest BCUT2D eigenvalue weighted by molar-refractivity contribution is -0.269. The minimum absolute atomic E-state index is 0.0688. The molecule has 0 spiro atoms. The summed E-state index contributed by atoms with van der Waals surface area (Å²) in [6, 6.07) is 0. The van der Waals surface area contributed by atoms with E-state index in [2.05, 4.69) is 20.8 Å². The molecule has 1 aliphatic heterocycles. The fourth-order valence-corrected chi connectivity index (χ4v) is 10.2. The Hall–Kier alpha value is -0.730. The van der Waals surface area contributed by atoms with Crippen LogP contribution in [0.1, 0.15) is 98.3 Å². The Bertz CT molecular complexity index is 838. The van der Waals surface area contributed by atoms with Crippen LogP contribution in [0.2, 0.25) is 0 Å². The lowest BCUT2D eigenvalue weighted by atomic mass is 9.43. The smallest absolute Gasteiger partial charge is 0.305 e. The van der Waals surface area contributed by atoms with E-state index in [1.54, 1.807) is 6.92 Å². The van der Waals surface area contributed by atoms with Crippen LogP contribution in [0.5, 0.6) is 0 Å². The molecular weight excluding hydrogens is 484 g/mol. The molecule has 4 aliphatic carbocycles. The first-order chi connectivity index (χ1) is 18.0. The van der Waals surface area contributed by atoms with E-state index in [0.29, 0.717) is 48.3 Å². The van der Waals surface area contributed by atoms with Crippen molar-refractivity contribution in [3.05, 3.63) is 0 Å². The Morgan fingerprint density at radius 2 is 1.79 bits per heavy atom. The Kier molecular flexibility index (Phi) is 8.27. The summed E-state index contributed by atoms with van der Waals surface area (Å²) in [5.41, 5.74) is 0.150. The molecule has 4 saturated carbocycles. The summed E-state index contributed by atoms with van der Waals surface area (Å²) >= 11 is 0. The maximum absolute atomic E-state index is 11.8. The molecule has 7 nitrogen and oxygen atoms in total. The van der Waals surface area contributed by atoms with Crippen molar-refractivity contribution >= 4 is 5.97 Å². The molecule has 1 saturated heterocycles. The molecule has 0 bridgehead atoms. The normalized spacial score (nSPS) is 51.4. The highest BCUT2D eigenvalue weighted by atomic mass is 16.7. The molecule has 0 aromatic heterocycles. The van der Waals surface area contributed by atoms with Gasteiger partial charge in [-0.25, -0.2) is 0 Å². The minimum Gasteiger partial charge on any atom is -0.469 e. The van der Waals surface area contributed by atoms with Crippen molar-refractivity contribution in [3.63, 3.8) is 0 Å². The molecule has 1 heterocycles. The topological polar surface area (TPSA) is 105 Å². The fraction of sp³-hybridized carbons (Fsp3) is 0.968. The molecule has 5 rings (SSSR count). The summed E-state index contributed by atoms with van der Waals surface area (Å²) in [7, 11) is 1.46. The molecular formula is C31H52O7. The predicted molar refractivity (Wildman–Crippen MR) is 143 cm³/mol. The average Bonchev–Trinajstić information content (AvgIpc) is 3.25. The molecule has 5 fully saturated rings. The van der Waals surface area contributed by atoms with E-state index in [0.717, 1.165) is 38.5 Å². The van der Waals surface area contributed by atoms with Gasteiger partial charge in [-0.1, -0.05) is 20.8 Å². The van der Waals surface area contributed by atoms with Crippen LogP contribution in [0, 0.1) is 46.3 Å². The van der Waals surface area contributed by atoms with Gasteiger partial charge in [0.25, 0.3) is 0 Å². The highest BCUT2D eigenvalue weighted by Gasteiger charge is 2.63. The summed E-state index contributed by atoms with van der Waals surface area (Å²) in [4.78, 5) is 11.8.